The van der Waals surface area contributed by atoms with Gasteiger partial charge < -0.3 is 15.0 Å². The molecule has 5 heteroatoms. The van der Waals surface area contributed by atoms with Crippen LogP contribution in [0.3, 0.4) is 0 Å². The first kappa shape index (κ1) is 21.5. The van der Waals surface area contributed by atoms with Gasteiger partial charge in [-0.25, -0.2) is 0 Å². The van der Waals surface area contributed by atoms with Crippen LogP contribution in [0.25, 0.3) is 0 Å². The third kappa shape index (κ3) is 6.12. The Morgan fingerprint density at radius 3 is 2.25 bits per heavy atom. The molecule has 1 atom stereocenters. The van der Waals surface area contributed by atoms with Crippen molar-refractivity contribution in [1.82, 2.24) is 10.2 Å². The first-order chi connectivity index (χ1) is 13.4. The molecule has 0 saturated carbocycles. The molecule has 0 spiro atoms. The monoisotopic (exact) mass is 382 g/mol. The highest BCUT2D eigenvalue weighted by Crippen LogP contribution is 2.17. The molecule has 0 bridgehead atoms. The number of amides is 2. The zero-order valence-corrected chi connectivity index (χ0v) is 17.2. The Hall–Kier alpha value is -2.82. The fraction of sp³-hybridized carbons (Fsp3) is 0.391. The average Bonchev–Trinajstić information content (AvgIpc) is 2.66. The topological polar surface area (TPSA) is 58.6 Å². The summed E-state index contributed by atoms with van der Waals surface area (Å²) in [4.78, 5) is 27.2. The number of likely N-dealkylation sites (N-methyl/N-ethyl adjacent to an activating group) is 1. The fourth-order valence-electron chi connectivity index (χ4n) is 3.24. The van der Waals surface area contributed by atoms with Gasteiger partial charge in [0.25, 0.3) is 5.91 Å². The van der Waals surface area contributed by atoms with E-state index in [1.807, 2.05) is 70.2 Å². The van der Waals surface area contributed by atoms with E-state index in [1.54, 1.807) is 4.90 Å². The van der Waals surface area contributed by atoms with E-state index < -0.39 is 6.04 Å². The van der Waals surface area contributed by atoms with Gasteiger partial charge in [-0.05, 0) is 56.0 Å². The summed E-state index contributed by atoms with van der Waals surface area (Å²) in [6.45, 7) is 8.56. The highest BCUT2D eigenvalue weighted by Gasteiger charge is 2.28. The summed E-state index contributed by atoms with van der Waals surface area (Å²) in [5.41, 5.74) is 3.14. The van der Waals surface area contributed by atoms with Gasteiger partial charge in [0.05, 0.1) is 0 Å². The molecule has 0 aliphatic rings. The van der Waals surface area contributed by atoms with Crippen LogP contribution in [0.15, 0.2) is 48.5 Å². The van der Waals surface area contributed by atoms with Gasteiger partial charge >= 0.3 is 0 Å². The SMILES string of the molecule is CCNC(=O)C(CC)N(Cc1ccccc1)C(=O)COc1cc(C)cc(C)c1. The van der Waals surface area contributed by atoms with Crippen LogP contribution in [0, 0.1) is 13.8 Å². The molecule has 28 heavy (non-hydrogen) atoms. The van der Waals surface area contributed by atoms with Crippen molar-refractivity contribution in [3.8, 4) is 5.75 Å². The molecule has 0 fully saturated rings. The highest BCUT2D eigenvalue weighted by atomic mass is 16.5. The molecule has 2 aromatic carbocycles. The molecule has 1 unspecified atom stereocenters. The van der Waals surface area contributed by atoms with Crippen LogP contribution >= 0.6 is 0 Å². The van der Waals surface area contributed by atoms with Gasteiger partial charge in [0.1, 0.15) is 11.8 Å². The number of aryl methyl sites for hydroxylation is 2. The maximum Gasteiger partial charge on any atom is 0.261 e. The minimum atomic E-state index is -0.532. The van der Waals surface area contributed by atoms with E-state index in [9.17, 15) is 9.59 Å². The Labute approximate surface area is 167 Å². The summed E-state index contributed by atoms with van der Waals surface area (Å²) in [6.07, 6.45) is 0.536. The Morgan fingerprint density at radius 2 is 1.68 bits per heavy atom. The van der Waals surface area contributed by atoms with Gasteiger partial charge in [0.15, 0.2) is 6.61 Å². The van der Waals surface area contributed by atoms with Crippen molar-refractivity contribution in [2.45, 2.75) is 46.7 Å². The van der Waals surface area contributed by atoms with Crippen molar-refractivity contribution in [3.05, 3.63) is 65.2 Å². The first-order valence-electron chi connectivity index (χ1n) is 9.76. The number of carbonyl (C=O) groups excluding carboxylic acids is 2. The second-order valence-electron chi connectivity index (χ2n) is 6.94. The average molecular weight is 383 g/mol. The van der Waals surface area contributed by atoms with E-state index in [-0.39, 0.29) is 18.4 Å². The molecule has 0 aliphatic carbocycles. The zero-order chi connectivity index (χ0) is 20.5. The molecule has 0 radical (unpaired) electrons. The number of ether oxygens (including phenoxy) is 1. The van der Waals surface area contributed by atoms with Crippen molar-refractivity contribution in [2.24, 2.45) is 0 Å². The molecule has 2 aromatic rings. The van der Waals surface area contributed by atoms with Crippen molar-refractivity contribution < 1.29 is 14.3 Å². The molecule has 2 amide bonds. The van der Waals surface area contributed by atoms with Crippen LogP contribution in [0.1, 0.15) is 37.0 Å². The Balaban J connectivity index is 2.18. The number of hydrogen-bond acceptors (Lipinski definition) is 3. The summed E-state index contributed by atoms with van der Waals surface area (Å²) >= 11 is 0. The number of hydrogen-bond donors (Lipinski definition) is 1. The predicted octanol–water partition coefficient (Wildman–Crippen LogP) is 3.63. The lowest BCUT2D eigenvalue weighted by Crippen LogP contribution is -2.50. The summed E-state index contributed by atoms with van der Waals surface area (Å²) in [5.74, 6) is 0.318. The summed E-state index contributed by atoms with van der Waals surface area (Å²) in [5, 5.41) is 2.83. The maximum absolute atomic E-state index is 13.0. The van der Waals surface area contributed by atoms with Crippen molar-refractivity contribution in [1.29, 1.82) is 0 Å². The van der Waals surface area contributed by atoms with Gasteiger partial charge in [0.2, 0.25) is 5.91 Å². The second kappa shape index (κ2) is 10.5. The number of benzene rings is 2. The Kier molecular flexibility index (Phi) is 8.05. The molecule has 0 heterocycles. The lowest BCUT2D eigenvalue weighted by molar-refractivity contribution is -0.142. The number of carbonyl (C=O) groups is 2. The summed E-state index contributed by atoms with van der Waals surface area (Å²) in [7, 11) is 0. The maximum atomic E-state index is 13.0. The minimum absolute atomic E-state index is 0.106. The molecule has 150 valence electrons. The molecule has 0 aliphatic heterocycles. The molecule has 0 saturated heterocycles. The van der Waals surface area contributed by atoms with Crippen molar-refractivity contribution >= 4 is 11.8 Å². The second-order valence-corrected chi connectivity index (χ2v) is 6.94. The van der Waals surface area contributed by atoms with Gasteiger partial charge in [-0.3, -0.25) is 9.59 Å². The Morgan fingerprint density at radius 1 is 1.04 bits per heavy atom. The largest absolute Gasteiger partial charge is 0.484 e. The lowest BCUT2D eigenvalue weighted by atomic mass is 10.1. The molecule has 1 N–H and O–H groups in total. The molecule has 0 aromatic heterocycles. The standard InChI is InChI=1S/C23H30N2O3/c1-5-21(23(27)24-6-2)25(15-19-10-8-7-9-11-19)22(26)16-28-20-13-17(3)12-18(4)14-20/h7-14,21H,5-6,15-16H2,1-4H3,(H,24,27). The number of nitrogens with one attached hydrogen (secondary N) is 1. The summed E-state index contributed by atoms with van der Waals surface area (Å²) < 4.78 is 5.76. The van der Waals surface area contributed by atoms with Gasteiger partial charge in [-0.15, -0.1) is 0 Å². The molecule has 2 rings (SSSR count). The lowest BCUT2D eigenvalue weighted by Gasteiger charge is -2.30. The van der Waals surface area contributed by atoms with E-state index >= 15 is 0 Å². The van der Waals surface area contributed by atoms with E-state index in [1.165, 1.54) is 0 Å². The van der Waals surface area contributed by atoms with Crippen LogP contribution in [0.4, 0.5) is 0 Å². The zero-order valence-electron chi connectivity index (χ0n) is 17.2. The third-order valence-corrected chi connectivity index (χ3v) is 4.49. The normalized spacial score (nSPS) is 11.6. The van der Waals surface area contributed by atoms with Gasteiger partial charge in [0, 0.05) is 13.1 Å². The van der Waals surface area contributed by atoms with E-state index in [0.29, 0.717) is 25.3 Å². The first-order valence-corrected chi connectivity index (χ1v) is 9.76. The number of nitrogens with zero attached hydrogens (tertiary/aromatic N) is 1. The van der Waals surface area contributed by atoms with Gasteiger partial charge in [-0.2, -0.15) is 0 Å². The van der Waals surface area contributed by atoms with Crippen LogP contribution < -0.4 is 10.1 Å². The van der Waals surface area contributed by atoms with Crippen LogP contribution in [0.5, 0.6) is 5.75 Å². The van der Waals surface area contributed by atoms with Gasteiger partial charge in [-0.1, -0.05) is 43.3 Å². The molecule has 5 nitrogen and oxygen atoms in total. The van der Waals surface area contributed by atoms with Crippen molar-refractivity contribution in [2.75, 3.05) is 13.2 Å². The third-order valence-electron chi connectivity index (χ3n) is 4.49. The predicted molar refractivity (Wildman–Crippen MR) is 111 cm³/mol. The van der Waals surface area contributed by atoms with Crippen LogP contribution in [0.2, 0.25) is 0 Å². The highest BCUT2D eigenvalue weighted by molar-refractivity contribution is 5.88. The van der Waals surface area contributed by atoms with E-state index in [0.717, 1.165) is 16.7 Å². The van der Waals surface area contributed by atoms with Crippen molar-refractivity contribution in [3.63, 3.8) is 0 Å². The summed E-state index contributed by atoms with van der Waals surface area (Å²) in [6, 6.07) is 15.0. The quantitative estimate of drug-likeness (QED) is 0.721. The van der Waals surface area contributed by atoms with Crippen LogP contribution in [-0.2, 0) is 16.1 Å². The smallest absolute Gasteiger partial charge is 0.261 e. The Bertz CT molecular complexity index is 769. The fourth-order valence-corrected chi connectivity index (χ4v) is 3.24. The minimum Gasteiger partial charge on any atom is -0.484 e. The van der Waals surface area contributed by atoms with Crippen LogP contribution in [-0.4, -0.2) is 35.9 Å². The van der Waals surface area contributed by atoms with E-state index in [4.69, 9.17) is 4.74 Å². The van der Waals surface area contributed by atoms with E-state index in [2.05, 4.69) is 11.4 Å². The molecular formula is C23H30N2O3. The number of rotatable bonds is 9. The molecular weight excluding hydrogens is 352 g/mol.